The standard InChI is InChI=1S/C17H20N2O2.C5H8O2.2ClH/c1-21-17(20)13(12-7-3-2-4-8-12)11-16-18-14-9-5-6-10-15(14)19-16;1-4(2)5(6)7-3;;/h5-6,9-12H,2-4,7-8H2,1H3,(H,18,19);1H2,2-3H3;2*1H. The van der Waals surface area contributed by atoms with Gasteiger partial charge in [-0.2, -0.15) is 0 Å². The van der Waals surface area contributed by atoms with Crippen molar-refractivity contribution in [3.05, 3.63) is 47.8 Å². The first-order valence-electron chi connectivity index (χ1n) is 9.44. The fraction of sp³-hybridized carbons (Fsp3) is 0.409. The van der Waals surface area contributed by atoms with Gasteiger partial charge in [0.15, 0.2) is 0 Å². The van der Waals surface area contributed by atoms with Gasteiger partial charge < -0.3 is 14.5 Å². The third-order valence-corrected chi connectivity index (χ3v) is 4.70. The summed E-state index contributed by atoms with van der Waals surface area (Å²) in [5, 5.41) is 0. The number of halogens is 2. The number of hydrogen-bond donors (Lipinski definition) is 1. The SMILES string of the molecule is C=C(C)C(=O)OC.COC(=O)C(=Cc1nc2ccccc2[nH]1)C1CCCCC1.Cl.Cl. The van der Waals surface area contributed by atoms with E-state index in [9.17, 15) is 9.59 Å². The van der Waals surface area contributed by atoms with Crippen molar-refractivity contribution in [2.75, 3.05) is 14.2 Å². The van der Waals surface area contributed by atoms with Crippen LogP contribution in [0.1, 0.15) is 44.9 Å². The Bertz CT molecular complexity index is 838. The monoisotopic (exact) mass is 456 g/mol. The van der Waals surface area contributed by atoms with Crippen molar-refractivity contribution in [1.82, 2.24) is 9.97 Å². The van der Waals surface area contributed by atoms with Gasteiger partial charge in [-0.15, -0.1) is 24.8 Å². The van der Waals surface area contributed by atoms with Gasteiger partial charge >= 0.3 is 11.9 Å². The Morgan fingerprint density at radius 2 is 1.67 bits per heavy atom. The molecule has 0 unspecified atom stereocenters. The number of para-hydroxylation sites is 2. The summed E-state index contributed by atoms with van der Waals surface area (Å²) in [6, 6.07) is 7.87. The second kappa shape index (κ2) is 13.8. The summed E-state index contributed by atoms with van der Waals surface area (Å²) >= 11 is 0. The first-order valence-corrected chi connectivity index (χ1v) is 9.44. The number of aromatic nitrogens is 2. The number of H-pyrrole nitrogens is 1. The number of nitrogens with one attached hydrogen (secondary N) is 1. The van der Waals surface area contributed by atoms with Gasteiger partial charge in [0, 0.05) is 11.1 Å². The molecule has 3 rings (SSSR count). The lowest BCUT2D eigenvalue weighted by atomic mass is 9.83. The number of carbonyl (C=O) groups excluding carboxylic acids is 2. The molecule has 0 spiro atoms. The Hall–Kier alpha value is -2.31. The van der Waals surface area contributed by atoms with Crippen LogP contribution in [-0.4, -0.2) is 36.1 Å². The van der Waals surface area contributed by atoms with Crippen LogP contribution in [0.4, 0.5) is 0 Å². The molecule has 2 aromatic rings. The molecule has 1 N–H and O–H groups in total. The Morgan fingerprint density at radius 1 is 1.07 bits per heavy atom. The van der Waals surface area contributed by atoms with Crippen LogP contribution < -0.4 is 0 Å². The van der Waals surface area contributed by atoms with Gasteiger partial charge in [0.05, 0.1) is 25.3 Å². The summed E-state index contributed by atoms with van der Waals surface area (Å²) in [5.74, 6) is 0.434. The highest BCUT2D eigenvalue weighted by Crippen LogP contribution is 2.31. The van der Waals surface area contributed by atoms with Crippen molar-refractivity contribution >= 4 is 53.9 Å². The third kappa shape index (κ3) is 7.84. The smallest absolute Gasteiger partial charge is 0.334 e. The van der Waals surface area contributed by atoms with Gasteiger partial charge in [0.25, 0.3) is 0 Å². The van der Waals surface area contributed by atoms with Crippen LogP contribution in [0.5, 0.6) is 0 Å². The molecule has 8 heteroatoms. The summed E-state index contributed by atoms with van der Waals surface area (Å²) in [4.78, 5) is 30.1. The minimum absolute atomic E-state index is 0. The number of esters is 2. The van der Waals surface area contributed by atoms with E-state index in [-0.39, 0.29) is 36.8 Å². The van der Waals surface area contributed by atoms with Crippen molar-refractivity contribution in [3.8, 4) is 0 Å². The van der Waals surface area contributed by atoms with E-state index in [1.807, 2.05) is 30.3 Å². The predicted octanol–water partition coefficient (Wildman–Crippen LogP) is 5.28. The zero-order valence-electron chi connectivity index (χ0n) is 17.6. The lowest BCUT2D eigenvalue weighted by Gasteiger charge is -2.22. The molecule has 1 fully saturated rings. The molecule has 1 aliphatic carbocycles. The summed E-state index contributed by atoms with van der Waals surface area (Å²) in [7, 11) is 2.77. The number of carbonyl (C=O) groups is 2. The molecule has 1 saturated carbocycles. The maximum atomic E-state index is 12.1. The van der Waals surface area contributed by atoms with E-state index in [1.54, 1.807) is 6.92 Å². The van der Waals surface area contributed by atoms with Crippen molar-refractivity contribution in [1.29, 1.82) is 0 Å². The van der Waals surface area contributed by atoms with E-state index in [0.717, 1.165) is 35.3 Å². The highest BCUT2D eigenvalue weighted by atomic mass is 35.5. The number of methoxy groups -OCH3 is 2. The Balaban J connectivity index is 0.000000817. The predicted molar refractivity (Wildman–Crippen MR) is 124 cm³/mol. The Kier molecular flexibility index (Phi) is 12.8. The fourth-order valence-corrected chi connectivity index (χ4v) is 3.24. The van der Waals surface area contributed by atoms with Gasteiger partial charge in [-0.3, -0.25) is 0 Å². The van der Waals surface area contributed by atoms with Gasteiger partial charge in [-0.1, -0.05) is 38.0 Å². The molecule has 1 aromatic heterocycles. The van der Waals surface area contributed by atoms with E-state index >= 15 is 0 Å². The number of aromatic amines is 1. The molecule has 1 aliphatic rings. The number of nitrogens with zero attached hydrogens (tertiary/aromatic N) is 1. The number of imidazole rings is 1. The van der Waals surface area contributed by atoms with Crippen molar-refractivity contribution < 1.29 is 19.1 Å². The fourth-order valence-electron chi connectivity index (χ4n) is 3.24. The molecule has 0 atom stereocenters. The summed E-state index contributed by atoms with van der Waals surface area (Å²) in [6.45, 7) is 4.95. The molecule has 0 saturated heterocycles. The average Bonchev–Trinajstić information content (AvgIpc) is 3.14. The lowest BCUT2D eigenvalue weighted by molar-refractivity contribution is -0.137. The van der Waals surface area contributed by atoms with E-state index in [1.165, 1.54) is 33.5 Å². The van der Waals surface area contributed by atoms with Gasteiger partial charge in [-0.05, 0) is 43.9 Å². The highest BCUT2D eigenvalue weighted by molar-refractivity contribution is 5.94. The molecule has 0 radical (unpaired) electrons. The number of ether oxygens (including phenoxy) is 2. The first-order chi connectivity index (χ1) is 13.5. The van der Waals surface area contributed by atoms with Gasteiger partial charge in [0.2, 0.25) is 0 Å². The Labute approximate surface area is 189 Å². The lowest BCUT2D eigenvalue weighted by Crippen LogP contribution is -2.17. The minimum atomic E-state index is -0.347. The van der Waals surface area contributed by atoms with Crippen molar-refractivity contribution in [2.45, 2.75) is 39.0 Å². The second-order valence-corrected chi connectivity index (χ2v) is 6.84. The summed E-state index contributed by atoms with van der Waals surface area (Å²) < 4.78 is 9.24. The van der Waals surface area contributed by atoms with Gasteiger partial charge in [0.1, 0.15) is 5.82 Å². The molecule has 0 bridgehead atoms. The third-order valence-electron chi connectivity index (χ3n) is 4.70. The van der Waals surface area contributed by atoms with E-state index < -0.39 is 0 Å². The molecule has 30 heavy (non-hydrogen) atoms. The quantitative estimate of drug-likeness (QED) is 0.499. The zero-order chi connectivity index (χ0) is 20.5. The normalized spacial score (nSPS) is 13.8. The molecular weight excluding hydrogens is 427 g/mol. The molecular formula is C22H30Cl2N2O4. The van der Waals surface area contributed by atoms with Crippen LogP contribution in [0.15, 0.2) is 42.0 Å². The first kappa shape index (κ1) is 27.7. The van der Waals surface area contributed by atoms with Crippen molar-refractivity contribution in [3.63, 3.8) is 0 Å². The van der Waals surface area contributed by atoms with Gasteiger partial charge in [-0.25, -0.2) is 14.6 Å². The van der Waals surface area contributed by atoms with Crippen LogP contribution in [0.2, 0.25) is 0 Å². The van der Waals surface area contributed by atoms with Crippen LogP contribution in [0, 0.1) is 5.92 Å². The Morgan fingerprint density at radius 3 is 2.17 bits per heavy atom. The largest absolute Gasteiger partial charge is 0.466 e. The molecule has 6 nitrogen and oxygen atoms in total. The van der Waals surface area contributed by atoms with E-state index in [4.69, 9.17) is 4.74 Å². The minimum Gasteiger partial charge on any atom is -0.466 e. The maximum Gasteiger partial charge on any atom is 0.334 e. The van der Waals surface area contributed by atoms with E-state index in [0.29, 0.717) is 11.5 Å². The van der Waals surface area contributed by atoms with E-state index in [2.05, 4.69) is 21.3 Å². The maximum absolute atomic E-state index is 12.1. The van der Waals surface area contributed by atoms with Crippen molar-refractivity contribution in [2.24, 2.45) is 5.92 Å². The summed E-state index contributed by atoms with van der Waals surface area (Å²) in [6.07, 6.45) is 7.60. The molecule has 0 amide bonds. The van der Waals surface area contributed by atoms with Crippen LogP contribution in [-0.2, 0) is 19.1 Å². The highest BCUT2D eigenvalue weighted by Gasteiger charge is 2.24. The zero-order valence-corrected chi connectivity index (χ0v) is 19.2. The van der Waals surface area contributed by atoms with Crippen LogP contribution in [0.25, 0.3) is 17.1 Å². The van der Waals surface area contributed by atoms with Crippen LogP contribution >= 0.6 is 24.8 Å². The summed E-state index contributed by atoms with van der Waals surface area (Å²) in [5.41, 5.74) is 3.08. The number of benzene rings is 1. The average molecular weight is 457 g/mol. The number of rotatable bonds is 4. The number of fused-ring (bicyclic) bond motifs is 1. The molecule has 1 aromatic carbocycles. The number of hydrogen-bond acceptors (Lipinski definition) is 5. The molecule has 166 valence electrons. The topological polar surface area (TPSA) is 81.3 Å². The van der Waals surface area contributed by atoms with Crippen LogP contribution in [0.3, 0.4) is 0 Å². The second-order valence-electron chi connectivity index (χ2n) is 6.84. The molecule has 0 aliphatic heterocycles. The molecule has 1 heterocycles.